The van der Waals surface area contributed by atoms with Crippen molar-refractivity contribution in [1.82, 2.24) is 14.9 Å². The van der Waals surface area contributed by atoms with E-state index in [0.717, 1.165) is 29.7 Å². The first-order valence-corrected chi connectivity index (χ1v) is 8.52. The molecule has 1 amide bonds. The van der Waals surface area contributed by atoms with Crippen molar-refractivity contribution in [3.05, 3.63) is 30.1 Å². The van der Waals surface area contributed by atoms with Crippen molar-refractivity contribution >= 4 is 16.9 Å². The molecule has 1 saturated carbocycles. The van der Waals surface area contributed by atoms with E-state index in [4.69, 9.17) is 4.74 Å². The smallest absolute Gasteiger partial charge is 0.249 e. The highest BCUT2D eigenvalue weighted by atomic mass is 16.5. The minimum atomic E-state index is -0.354. The molecular formula is C18H25N3O2. The van der Waals surface area contributed by atoms with E-state index < -0.39 is 0 Å². The largest absolute Gasteiger partial charge is 0.365 e. The van der Waals surface area contributed by atoms with Gasteiger partial charge in [-0.2, -0.15) is 0 Å². The van der Waals surface area contributed by atoms with Crippen LogP contribution in [0.3, 0.4) is 0 Å². The van der Waals surface area contributed by atoms with Gasteiger partial charge in [0.15, 0.2) is 0 Å². The second-order valence-corrected chi connectivity index (χ2v) is 6.23. The Bertz CT molecular complexity index is 674. The summed E-state index contributed by atoms with van der Waals surface area (Å²) in [6.07, 6.45) is 5.17. The van der Waals surface area contributed by atoms with Crippen LogP contribution in [0, 0.1) is 0 Å². The topological polar surface area (TPSA) is 56.1 Å². The van der Waals surface area contributed by atoms with Gasteiger partial charge in [0, 0.05) is 7.05 Å². The summed E-state index contributed by atoms with van der Waals surface area (Å²) in [7, 11) is 1.98. The Balaban J connectivity index is 1.61. The molecule has 0 spiro atoms. The zero-order valence-electron chi connectivity index (χ0n) is 13.9. The van der Waals surface area contributed by atoms with E-state index in [0.29, 0.717) is 13.0 Å². The first-order chi connectivity index (χ1) is 11.2. The molecule has 1 aliphatic carbocycles. The number of carbonyl (C=O) groups excluding carboxylic acids is 1. The van der Waals surface area contributed by atoms with E-state index in [-0.39, 0.29) is 18.1 Å². The molecule has 0 radical (unpaired) electrons. The quantitative estimate of drug-likeness (QED) is 0.891. The highest BCUT2D eigenvalue weighted by molar-refractivity contribution is 5.81. The van der Waals surface area contributed by atoms with Crippen molar-refractivity contribution in [3.8, 4) is 0 Å². The van der Waals surface area contributed by atoms with Gasteiger partial charge in [0.05, 0.1) is 23.7 Å². The molecule has 5 nitrogen and oxygen atoms in total. The van der Waals surface area contributed by atoms with Crippen molar-refractivity contribution in [1.29, 1.82) is 0 Å². The van der Waals surface area contributed by atoms with Crippen LogP contribution in [0.5, 0.6) is 0 Å². The van der Waals surface area contributed by atoms with Gasteiger partial charge in [-0.1, -0.05) is 31.9 Å². The fourth-order valence-corrected chi connectivity index (χ4v) is 3.23. The number of aryl methyl sites for hydroxylation is 1. The number of fused-ring (bicyclic) bond motifs is 1. The van der Waals surface area contributed by atoms with Gasteiger partial charge in [0.2, 0.25) is 5.91 Å². The summed E-state index contributed by atoms with van der Waals surface area (Å²) in [6, 6.07) is 7.99. The summed E-state index contributed by atoms with van der Waals surface area (Å²) in [5, 5.41) is 2.98. The van der Waals surface area contributed by atoms with E-state index in [9.17, 15) is 4.79 Å². The molecule has 3 rings (SSSR count). The molecule has 0 aliphatic heterocycles. The van der Waals surface area contributed by atoms with E-state index in [1.165, 1.54) is 12.8 Å². The second kappa shape index (κ2) is 7.13. The number of ether oxygens (including phenoxy) is 1. The number of rotatable bonds is 6. The molecule has 5 heteroatoms. The standard InChI is InChI=1S/C18H25N3O2/c1-3-16(23-13-8-4-5-9-13)18(22)19-12-17-20-14-10-6-7-11-15(14)21(17)2/h6-7,10-11,13,16H,3-5,8-9,12H2,1-2H3,(H,19,22). The lowest BCUT2D eigenvalue weighted by Crippen LogP contribution is -2.38. The molecular weight excluding hydrogens is 290 g/mol. The van der Waals surface area contributed by atoms with Crippen LogP contribution in [0.4, 0.5) is 0 Å². The number of para-hydroxylation sites is 2. The Morgan fingerprint density at radius 1 is 1.39 bits per heavy atom. The van der Waals surface area contributed by atoms with Gasteiger partial charge in [0.25, 0.3) is 0 Å². The van der Waals surface area contributed by atoms with E-state index in [1.54, 1.807) is 0 Å². The first-order valence-electron chi connectivity index (χ1n) is 8.52. The predicted molar refractivity (Wildman–Crippen MR) is 90.0 cm³/mol. The van der Waals surface area contributed by atoms with Crippen LogP contribution in [-0.4, -0.2) is 27.7 Å². The molecule has 1 aromatic carbocycles. The number of hydrogen-bond acceptors (Lipinski definition) is 3. The third-order valence-electron chi connectivity index (χ3n) is 4.62. The number of benzene rings is 1. The SMILES string of the molecule is CCC(OC1CCCC1)C(=O)NCc1nc2ccccc2n1C. The molecule has 23 heavy (non-hydrogen) atoms. The monoisotopic (exact) mass is 315 g/mol. The fraction of sp³-hybridized carbons (Fsp3) is 0.556. The summed E-state index contributed by atoms with van der Waals surface area (Å²) in [5.74, 6) is 0.821. The molecule has 2 aromatic rings. The highest BCUT2D eigenvalue weighted by Crippen LogP contribution is 2.23. The fourth-order valence-electron chi connectivity index (χ4n) is 3.23. The van der Waals surface area contributed by atoms with Gasteiger partial charge < -0.3 is 14.6 Å². The van der Waals surface area contributed by atoms with Gasteiger partial charge in [-0.15, -0.1) is 0 Å². The number of aromatic nitrogens is 2. The summed E-state index contributed by atoms with van der Waals surface area (Å²) < 4.78 is 7.98. The summed E-state index contributed by atoms with van der Waals surface area (Å²) in [5.41, 5.74) is 2.03. The molecule has 1 heterocycles. The van der Waals surface area contributed by atoms with Crippen LogP contribution in [-0.2, 0) is 23.1 Å². The lowest BCUT2D eigenvalue weighted by molar-refractivity contribution is -0.137. The van der Waals surface area contributed by atoms with E-state index in [2.05, 4.69) is 10.3 Å². The average molecular weight is 315 g/mol. The minimum absolute atomic E-state index is 0.0357. The van der Waals surface area contributed by atoms with Crippen molar-refractivity contribution < 1.29 is 9.53 Å². The summed E-state index contributed by atoms with van der Waals surface area (Å²) >= 11 is 0. The van der Waals surface area contributed by atoms with Crippen LogP contribution >= 0.6 is 0 Å². The summed E-state index contributed by atoms with van der Waals surface area (Å²) in [4.78, 5) is 17.0. The van der Waals surface area contributed by atoms with Gasteiger partial charge in [-0.05, 0) is 31.4 Å². The van der Waals surface area contributed by atoms with Crippen LogP contribution in [0.25, 0.3) is 11.0 Å². The van der Waals surface area contributed by atoms with Crippen LogP contribution in [0.15, 0.2) is 24.3 Å². The zero-order chi connectivity index (χ0) is 16.2. The van der Waals surface area contributed by atoms with Crippen molar-refractivity contribution in [2.75, 3.05) is 0 Å². The number of imidazole rings is 1. The lowest BCUT2D eigenvalue weighted by Gasteiger charge is -2.20. The molecule has 1 aromatic heterocycles. The molecule has 1 atom stereocenters. The third kappa shape index (κ3) is 3.55. The van der Waals surface area contributed by atoms with Crippen molar-refractivity contribution in [2.24, 2.45) is 7.05 Å². The maximum atomic E-state index is 12.4. The number of nitrogens with zero attached hydrogens (tertiary/aromatic N) is 2. The van der Waals surface area contributed by atoms with Gasteiger partial charge in [-0.25, -0.2) is 4.98 Å². The van der Waals surface area contributed by atoms with Crippen molar-refractivity contribution in [2.45, 2.75) is 57.8 Å². The summed E-state index contributed by atoms with van der Waals surface area (Å²) in [6.45, 7) is 2.42. The maximum absolute atomic E-state index is 12.4. The van der Waals surface area contributed by atoms with Gasteiger partial charge in [-0.3, -0.25) is 4.79 Å². The van der Waals surface area contributed by atoms with Crippen LogP contribution in [0.2, 0.25) is 0 Å². The second-order valence-electron chi connectivity index (χ2n) is 6.23. The maximum Gasteiger partial charge on any atom is 0.249 e. The Hall–Kier alpha value is -1.88. The average Bonchev–Trinajstić information content (AvgIpc) is 3.19. The first kappa shape index (κ1) is 16.0. The lowest BCUT2D eigenvalue weighted by atomic mass is 10.2. The zero-order valence-corrected chi connectivity index (χ0v) is 13.9. The minimum Gasteiger partial charge on any atom is -0.365 e. The molecule has 0 bridgehead atoms. The Morgan fingerprint density at radius 2 is 2.13 bits per heavy atom. The normalized spacial score (nSPS) is 16.8. The molecule has 1 fully saturated rings. The van der Waals surface area contributed by atoms with Crippen molar-refractivity contribution in [3.63, 3.8) is 0 Å². The van der Waals surface area contributed by atoms with Crippen LogP contribution in [0.1, 0.15) is 44.9 Å². The van der Waals surface area contributed by atoms with Gasteiger partial charge in [0.1, 0.15) is 11.9 Å². The molecule has 124 valence electrons. The van der Waals surface area contributed by atoms with E-state index in [1.807, 2.05) is 42.8 Å². The molecule has 1 aliphatic rings. The number of carbonyl (C=O) groups is 1. The van der Waals surface area contributed by atoms with Crippen LogP contribution < -0.4 is 5.32 Å². The van der Waals surface area contributed by atoms with E-state index >= 15 is 0 Å². The molecule has 0 saturated heterocycles. The van der Waals surface area contributed by atoms with Gasteiger partial charge >= 0.3 is 0 Å². The third-order valence-corrected chi connectivity index (χ3v) is 4.62. The number of nitrogens with one attached hydrogen (secondary N) is 1. The molecule has 1 N–H and O–H groups in total. The number of hydrogen-bond donors (Lipinski definition) is 1. The molecule has 1 unspecified atom stereocenters. The Morgan fingerprint density at radius 3 is 2.83 bits per heavy atom. The number of amides is 1. The Labute approximate surface area is 137 Å². The predicted octanol–water partition coefficient (Wildman–Crippen LogP) is 2.93. The highest BCUT2D eigenvalue weighted by Gasteiger charge is 2.24. The Kier molecular flexibility index (Phi) is 4.96.